The van der Waals surface area contributed by atoms with Gasteiger partial charge in [-0.2, -0.15) is 20.7 Å². The first kappa shape index (κ1) is 33.2. The summed E-state index contributed by atoms with van der Waals surface area (Å²) >= 11 is 0. The Labute approximate surface area is 302 Å². The molecule has 0 aromatic carbocycles. The van der Waals surface area contributed by atoms with Crippen molar-refractivity contribution in [3.8, 4) is 34.7 Å². The van der Waals surface area contributed by atoms with Gasteiger partial charge in [0.1, 0.15) is 36.5 Å². The lowest BCUT2D eigenvalue weighted by atomic mass is 9.65. The molecular formula is C37H34N14O2. The molecule has 16 nitrogen and oxygen atoms in total. The van der Waals surface area contributed by atoms with E-state index in [0.29, 0.717) is 24.7 Å². The molecule has 8 aromatic rings. The maximum absolute atomic E-state index is 9.33. The van der Waals surface area contributed by atoms with Gasteiger partial charge in [-0.25, -0.2) is 19.9 Å². The number of hydrogen-bond donors (Lipinski definition) is 2. The molecule has 53 heavy (non-hydrogen) atoms. The molecule has 0 radical (unpaired) electrons. The highest BCUT2D eigenvalue weighted by molar-refractivity contribution is 5.90. The molecule has 0 aliphatic heterocycles. The van der Waals surface area contributed by atoms with Crippen LogP contribution in [0.2, 0.25) is 0 Å². The van der Waals surface area contributed by atoms with Gasteiger partial charge < -0.3 is 19.0 Å². The summed E-state index contributed by atoms with van der Waals surface area (Å²) in [6, 6.07) is 12.3. The summed E-state index contributed by atoms with van der Waals surface area (Å²) in [6.45, 7) is 0. The molecule has 0 bridgehead atoms. The van der Waals surface area contributed by atoms with Crippen LogP contribution in [0.5, 0.6) is 0 Å². The largest absolute Gasteiger partial charge is 0.365 e. The smallest absolute Gasteiger partial charge is 0.141 e. The van der Waals surface area contributed by atoms with E-state index in [1.54, 1.807) is 37.6 Å². The lowest BCUT2D eigenvalue weighted by molar-refractivity contribution is 0.0963. The Hall–Kier alpha value is -6.94. The molecule has 2 N–H and O–H groups in total. The minimum absolute atomic E-state index is 0. The number of hydrogen-bond acceptors (Lipinski definition) is 12. The zero-order chi connectivity index (χ0) is 35.1. The second-order valence-electron chi connectivity index (χ2n) is 13.4. The average molecular weight is 707 g/mol. The standard InChI is InChI=1S/2C18H15N7O.CH4/c2*19-4-3-18(7-12(8-18)15-2-6-26-24-15)25-10-13(9-23-25)16-14-1-5-20-17(14)22-11-21-16;/h2*1-2,5-6,9-12H,3,7-8H2,(H,20,21,22);1H4. The molecular weight excluding hydrogens is 673 g/mol. The number of fused-ring (bicyclic) bond motifs is 2. The van der Waals surface area contributed by atoms with Crippen LogP contribution in [0, 0.1) is 22.7 Å². The SMILES string of the molecule is C.N#CCC1(n2cc(-c3ncnc4[nH]ccc34)cn2)CC(c2ccon2)C1.N#CCC1(n2cc(-c3ncnc4[nH]ccc34)cn2)CC(c2ccon2)C1. The molecule has 16 heteroatoms. The third-order valence-electron chi connectivity index (χ3n) is 10.5. The van der Waals surface area contributed by atoms with Gasteiger partial charge in [0.15, 0.2) is 0 Å². The van der Waals surface area contributed by atoms with Gasteiger partial charge >= 0.3 is 0 Å². The number of H-pyrrole nitrogens is 2. The monoisotopic (exact) mass is 706 g/mol. The van der Waals surface area contributed by atoms with Crippen LogP contribution >= 0.6 is 0 Å². The Morgan fingerprint density at radius 1 is 0.679 bits per heavy atom. The molecule has 2 aliphatic carbocycles. The fourth-order valence-corrected chi connectivity index (χ4v) is 7.73. The molecule has 0 unspecified atom stereocenters. The van der Waals surface area contributed by atoms with Crippen molar-refractivity contribution in [1.82, 2.24) is 59.8 Å². The van der Waals surface area contributed by atoms with E-state index in [1.165, 1.54) is 0 Å². The van der Waals surface area contributed by atoms with E-state index >= 15 is 0 Å². The predicted octanol–water partition coefficient (Wildman–Crippen LogP) is 6.63. The van der Waals surface area contributed by atoms with Crippen LogP contribution in [0.4, 0.5) is 0 Å². The van der Waals surface area contributed by atoms with Crippen molar-refractivity contribution < 1.29 is 9.05 Å². The predicted molar refractivity (Wildman–Crippen MR) is 190 cm³/mol. The molecule has 0 amide bonds. The molecule has 8 aromatic heterocycles. The Kier molecular flexibility index (Phi) is 8.34. The Morgan fingerprint density at radius 2 is 1.13 bits per heavy atom. The first-order valence-electron chi connectivity index (χ1n) is 16.8. The van der Waals surface area contributed by atoms with Crippen LogP contribution in [0.15, 0.2) is 95.7 Å². The highest BCUT2D eigenvalue weighted by Gasteiger charge is 2.49. The van der Waals surface area contributed by atoms with Gasteiger partial charge in [-0.05, 0) is 37.8 Å². The van der Waals surface area contributed by atoms with Gasteiger partial charge in [-0.3, -0.25) is 9.36 Å². The summed E-state index contributed by atoms with van der Waals surface area (Å²) in [5.74, 6) is 0.593. The number of aromatic nitrogens is 12. The molecule has 10 rings (SSSR count). The summed E-state index contributed by atoms with van der Waals surface area (Å²) in [6.07, 6.45) is 21.6. The molecule has 0 spiro atoms. The number of nitriles is 2. The van der Waals surface area contributed by atoms with E-state index in [-0.39, 0.29) is 18.5 Å². The van der Waals surface area contributed by atoms with Crippen LogP contribution < -0.4 is 0 Å². The van der Waals surface area contributed by atoms with Crippen LogP contribution in [0.25, 0.3) is 44.6 Å². The number of nitrogens with one attached hydrogen (secondary N) is 2. The summed E-state index contributed by atoms with van der Waals surface area (Å²) in [7, 11) is 0. The minimum Gasteiger partial charge on any atom is -0.365 e. The van der Waals surface area contributed by atoms with Gasteiger partial charge in [-0.1, -0.05) is 17.7 Å². The van der Waals surface area contributed by atoms with E-state index in [0.717, 1.165) is 81.7 Å². The topological polar surface area (TPSA) is 218 Å². The molecule has 2 saturated carbocycles. The lowest BCUT2D eigenvalue weighted by Gasteiger charge is -2.45. The van der Waals surface area contributed by atoms with Crippen molar-refractivity contribution in [2.75, 3.05) is 0 Å². The third-order valence-corrected chi connectivity index (χ3v) is 10.5. The number of nitrogens with zero attached hydrogens (tertiary/aromatic N) is 12. The Morgan fingerprint density at radius 3 is 1.53 bits per heavy atom. The van der Waals surface area contributed by atoms with E-state index in [2.05, 4.69) is 62.6 Å². The van der Waals surface area contributed by atoms with Crippen molar-refractivity contribution in [2.45, 2.75) is 68.9 Å². The van der Waals surface area contributed by atoms with Crippen molar-refractivity contribution in [1.29, 1.82) is 10.5 Å². The van der Waals surface area contributed by atoms with Crippen LogP contribution in [0.3, 0.4) is 0 Å². The highest BCUT2D eigenvalue weighted by atomic mass is 16.5. The fraction of sp³-hybridized carbons (Fsp3) is 0.297. The Bertz CT molecular complexity index is 2370. The fourth-order valence-electron chi connectivity index (χ4n) is 7.73. The van der Waals surface area contributed by atoms with Crippen molar-refractivity contribution in [2.24, 2.45) is 0 Å². The minimum atomic E-state index is -0.305. The van der Waals surface area contributed by atoms with Gasteiger partial charge in [0.25, 0.3) is 0 Å². The first-order valence-corrected chi connectivity index (χ1v) is 16.8. The summed E-state index contributed by atoms with van der Waals surface area (Å²) in [4.78, 5) is 23.5. The van der Waals surface area contributed by atoms with E-state index in [9.17, 15) is 10.5 Å². The number of aromatic amines is 2. The zero-order valence-electron chi connectivity index (χ0n) is 27.7. The number of rotatable bonds is 8. The summed E-state index contributed by atoms with van der Waals surface area (Å²) in [5.41, 5.74) is 6.37. The molecule has 0 atom stereocenters. The summed E-state index contributed by atoms with van der Waals surface area (Å²) < 4.78 is 13.7. The van der Waals surface area contributed by atoms with E-state index < -0.39 is 0 Å². The molecule has 0 saturated heterocycles. The molecule has 2 aliphatic rings. The van der Waals surface area contributed by atoms with Crippen molar-refractivity contribution in [3.05, 3.63) is 98.0 Å². The van der Waals surface area contributed by atoms with Crippen LogP contribution in [-0.2, 0) is 11.1 Å². The van der Waals surface area contributed by atoms with Gasteiger partial charge in [0, 0.05) is 70.7 Å². The average Bonchev–Trinajstić information content (AvgIpc) is 3.99. The second kappa shape index (κ2) is 13.3. The normalized spacial score (nSPS) is 21.8. The van der Waals surface area contributed by atoms with Gasteiger partial charge in [-0.15, -0.1) is 0 Å². The maximum Gasteiger partial charge on any atom is 0.141 e. The summed E-state index contributed by atoms with van der Waals surface area (Å²) in [5, 5.41) is 37.8. The molecule has 264 valence electrons. The van der Waals surface area contributed by atoms with Crippen LogP contribution in [0.1, 0.15) is 69.2 Å². The van der Waals surface area contributed by atoms with Gasteiger partial charge in [0.05, 0.1) is 71.2 Å². The third kappa shape index (κ3) is 5.70. The van der Waals surface area contributed by atoms with Gasteiger partial charge in [0.2, 0.25) is 0 Å². The lowest BCUT2D eigenvalue weighted by Crippen LogP contribution is -2.45. The van der Waals surface area contributed by atoms with Crippen molar-refractivity contribution >= 4 is 22.1 Å². The zero-order valence-corrected chi connectivity index (χ0v) is 27.7. The highest BCUT2D eigenvalue weighted by Crippen LogP contribution is 2.52. The maximum atomic E-state index is 9.33. The quantitative estimate of drug-likeness (QED) is 0.170. The van der Waals surface area contributed by atoms with E-state index in [1.807, 2.05) is 58.4 Å². The van der Waals surface area contributed by atoms with E-state index in [4.69, 9.17) is 9.05 Å². The first-order chi connectivity index (χ1) is 25.6. The Balaban J connectivity index is 0.000000148. The molecule has 2 fully saturated rings. The van der Waals surface area contributed by atoms with Crippen molar-refractivity contribution in [3.63, 3.8) is 0 Å². The van der Waals surface area contributed by atoms with Crippen LogP contribution in [-0.4, -0.2) is 59.8 Å². The second-order valence-corrected chi connectivity index (χ2v) is 13.4. The molecule has 8 heterocycles.